The molecule has 0 aliphatic heterocycles. The molecule has 0 aliphatic rings. The van der Waals surface area contributed by atoms with Crippen LogP contribution in [0.2, 0.25) is 0 Å². The highest BCUT2D eigenvalue weighted by atomic mass is 19.2. The molecular weight excluding hydrogens is 340 g/mol. The van der Waals surface area contributed by atoms with Gasteiger partial charge in [0.2, 0.25) is 5.91 Å². The summed E-state index contributed by atoms with van der Waals surface area (Å²) < 4.78 is 36.9. The van der Waals surface area contributed by atoms with Crippen molar-refractivity contribution in [3.63, 3.8) is 0 Å². The van der Waals surface area contributed by atoms with Crippen LogP contribution in [0.1, 0.15) is 24.1 Å². The topological polar surface area (TPSA) is 38.8 Å². The van der Waals surface area contributed by atoms with E-state index in [1.54, 1.807) is 45.4 Å². The van der Waals surface area contributed by atoms with Crippen LogP contribution < -0.4 is 9.47 Å². The molecule has 0 fully saturated rings. The fraction of sp³-hybridized carbons (Fsp3) is 0.250. The van der Waals surface area contributed by atoms with E-state index in [0.29, 0.717) is 17.1 Å². The number of methoxy groups -OCH3 is 2. The average molecular weight is 361 g/mol. The lowest BCUT2D eigenvalue weighted by Gasteiger charge is -2.24. The van der Waals surface area contributed by atoms with Crippen LogP contribution in [-0.4, -0.2) is 32.1 Å². The van der Waals surface area contributed by atoms with E-state index in [1.807, 2.05) is 0 Å². The molecule has 1 atom stereocenters. The number of halogens is 2. The number of amides is 1. The van der Waals surface area contributed by atoms with Gasteiger partial charge in [-0.05, 0) is 48.4 Å². The lowest BCUT2D eigenvalue weighted by Crippen LogP contribution is -2.28. The van der Waals surface area contributed by atoms with Gasteiger partial charge < -0.3 is 14.4 Å². The lowest BCUT2D eigenvalue weighted by atomic mass is 10.1. The monoisotopic (exact) mass is 361 g/mol. The van der Waals surface area contributed by atoms with Crippen molar-refractivity contribution < 1.29 is 23.0 Å². The van der Waals surface area contributed by atoms with Gasteiger partial charge in [-0.1, -0.05) is 12.1 Å². The SMILES string of the molecule is COc1ccc(/C=C/C(=O)N(C)C(C)c2ccc(F)c(F)c2)cc1OC. The fourth-order valence-electron chi connectivity index (χ4n) is 2.43. The molecule has 4 nitrogen and oxygen atoms in total. The molecule has 138 valence electrons. The average Bonchev–Trinajstić information content (AvgIpc) is 2.66. The minimum absolute atomic E-state index is 0.267. The number of rotatable bonds is 6. The molecule has 1 unspecified atom stereocenters. The summed E-state index contributed by atoms with van der Waals surface area (Å²) in [4.78, 5) is 13.8. The lowest BCUT2D eigenvalue weighted by molar-refractivity contribution is -0.126. The molecule has 0 heterocycles. The van der Waals surface area contributed by atoms with Gasteiger partial charge >= 0.3 is 0 Å². The number of nitrogens with zero attached hydrogens (tertiary/aromatic N) is 1. The zero-order valence-corrected chi connectivity index (χ0v) is 15.1. The number of carbonyl (C=O) groups excluding carboxylic acids is 1. The Kier molecular flexibility index (Phi) is 6.33. The second-order valence-electron chi connectivity index (χ2n) is 5.75. The Morgan fingerprint density at radius 2 is 1.73 bits per heavy atom. The van der Waals surface area contributed by atoms with Crippen LogP contribution in [0.25, 0.3) is 6.08 Å². The van der Waals surface area contributed by atoms with Crippen molar-refractivity contribution >= 4 is 12.0 Å². The van der Waals surface area contributed by atoms with Gasteiger partial charge in [-0.15, -0.1) is 0 Å². The summed E-state index contributed by atoms with van der Waals surface area (Å²) in [7, 11) is 4.69. The molecule has 0 radical (unpaired) electrons. The van der Waals surface area contributed by atoms with E-state index in [1.165, 1.54) is 24.2 Å². The van der Waals surface area contributed by atoms with Crippen molar-refractivity contribution in [2.75, 3.05) is 21.3 Å². The third-order valence-corrected chi connectivity index (χ3v) is 4.18. The summed E-state index contributed by atoms with van der Waals surface area (Å²) >= 11 is 0. The maximum absolute atomic E-state index is 13.4. The first kappa shape index (κ1) is 19.4. The number of hydrogen-bond donors (Lipinski definition) is 0. The molecule has 0 aliphatic carbocycles. The van der Waals surface area contributed by atoms with Gasteiger partial charge in [-0.25, -0.2) is 8.78 Å². The zero-order valence-electron chi connectivity index (χ0n) is 15.1. The molecule has 0 spiro atoms. The van der Waals surface area contributed by atoms with Crippen molar-refractivity contribution in [1.29, 1.82) is 0 Å². The Labute approximate surface area is 151 Å². The van der Waals surface area contributed by atoms with Crippen molar-refractivity contribution in [1.82, 2.24) is 4.90 Å². The first-order valence-electron chi connectivity index (χ1n) is 7.99. The van der Waals surface area contributed by atoms with Crippen molar-refractivity contribution in [2.24, 2.45) is 0 Å². The second-order valence-corrected chi connectivity index (χ2v) is 5.75. The van der Waals surface area contributed by atoms with Gasteiger partial charge in [0.05, 0.1) is 20.3 Å². The highest BCUT2D eigenvalue weighted by Gasteiger charge is 2.17. The molecule has 0 bridgehead atoms. The van der Waals surface area contributed by atoms with Crippen molar-refractivity contribution in [2.45, 2.75) is 13.0 Å². The minimum Gasteiger partial charge on any atom is -0.493 e. The van der Waals surface area contributed by atoms with E-state index in [-0.39, 0.29) is 5.91 Å². The van der Waals surface area contributed by atoms with E-state index in [2.05, 4.69) is 0 Å². The Hall–Kier alpha value is -2.89. The number of benzene rings is 2. The molecule has 2 aromatic carbocycles. The second kappa shape index (κ2) is 8.47. The van der Waals surface area contributed by atoms with Gasteiger partial charge in [0.1, 0.15) is 0 Å². The molecule has 1 amide bonds. The van der Waals surface area contributed by atoms with Gasteiger partial charge in [0.15, 0.2) is 23.1 Å². The Morgan fingerprint density at radius 3 is 2.35 bits per heavy atom. The largest absolute Gasteiger partial charge is 0.493 e. The van der Waals surface area contributed by atoms with E-state index >= 15 is 0 Å². The third kappa shape index (κ3) is 4.39. The first-order chi connectivity index (χ1) is 12.4. The standard InChI is InChI=1S/C20H21F2NO3/c1-13(15-7-8-16(21)17(22)12-15)23(2)20(24)10-6-14-5-9-18(25-3)19(11-14)26-4/h5-13H,1-4H3/b10-6+. The quantitative estimate of drug-likeness (QED) is 0.724. The van der Waals surface area contributed by atoms with Crippen molar-refractivity contribution in [3.05, 3.63) is 65.2 Å². The molecule has 2 rings (SSSR count). The van der Waals surface area contributed by atoms with Gasteiger partial charge in [0.25, 0.3) is 0 Å². The highest BCUT2D eigenvalue weighted by Crippen LogP contribution is 2.28. The maximum atomic E-state index is 13.4. The predicted molar refractivity (Wildman–Crippen MR) is 96.1 cm³/mol. The van der Waals surface area contributed by atoms with Gasteiger partial charge in [-0.3, -0.25) is 4.79 Å². The number of hydrogen-bond acceptors (Lipinski definition) is 3. The minimum atomic E-state index is -0.934. The molecule has 0 aromatic heterocycles. The highest BCUT2D eigenvalue weighted by molar-refractivity contribution is 5.92. The van der Waals surface area contributed by atoms with Crippen LogP contribution in [0.3, 0.4) is 0 Å². The normalized spacial score (nSPS) is 12.1. The molecule has 26 heavy (non-hydrogen) atoms. The number of ether oxygens (including phenoxy) is 2. The molecular formula is C20H21F2NO3. The van der Waals surface area contributed by atoms with E-state index < -0.39 is 17.7 Å². The van der Waals surface area contributed by atoms with Crippen LogP contribution in [0, 0.1) is 11.6 Å². The number of carbonyl (C=O) groups is 1. The molecule has 0 saturated carbocycles. The smallest absolute Gasteiger partial charge is 0.246 e. The van der Waals surface area contributed by atoms with Crippen LogP contribution in [0.5, 0.6) is 11.5 Å². The molecule has 6 heteroatoms. The van der Waals surface area contributed by atoms with Crippen LogP contribution >= 0.6 is 0 Å². The third-order valence-electron chi connectivity index (χ3n) is 4.18. The van der Waals surface area contributed by atoms with E-state index in [9.17, 15) is 13.6 Å². The first-order valence-corrected chi connectivity index (χ1v) is 7.99. The summed E-state index contributed by atoms with van der Waals surface area (Å²) in [5.41, 5.74) is 1.28. The van der Waals surface area contributed by atoms with Crippen LogP contribution in [0.15, 0.2) is 42.5 Å². The van der Waals surface area contributed by atoms with E-state index in [0.717, 1.165) is 17.7 Å². The Bertz CT molecular complexity index is 821. The molecule has 0 saturated heterocycles. The van der Waals surface area contributed by atoms with Gasteiger partial charge in [-0.2, -0.15) is 0 Å². The number of likely N-dealkylation sites (N-methyl/N-ethyl adjacent to an activating group) is 1. The van der Waals surface area contributed by atoms with Gasteiger partial charge in [0, 0.05) is 13.1 Å². The zero-order chi connectivity index (χ0) is 19.3. The molecule has 2 aromatic rings. The summed E-state index contributed by atoms with van der Waals surface area (Å²) in [5, 5.41) is 0. The van der Waals surface area contributed by atoms with Crippen molar-refractivity contribution in [3.8, 4) is 11.5 Å². The summed E-state index contributed by atoms with van der Waals surface area (Å²) in [5.74, 6) is -0.956. The summed E-state index contributed by atoms with van der Waals surface area (Å²) in [6, 6.07) is 8.50. The maximum Gasteiger partial charge on any atom is 0.246 e. The van der Waals surface area contributed by atoms with Crippen LogP contribution in [0.4, 0.5) is 8.78 Å². The Morgan fingerprint density at radius 1 is 1.04 bits per heavy atom. The summed E-state index contributed by atoms with van der Waals surface area (Å²) in [6.07, 6.45) is 3.07. The van der Waals surface area contributed by atoms with Crippen LogP contribution in [-0.2, 0) is 4.79 Å². The summed E-state index contributed by atoms with van der Waals surface area (Å²) in [6.45, 7) is 1.74. The molecule has 0 N–H and O–H groups in total. The predicted octanol–water partition coefficient (Wildman–Crippen LogP) is 4.21. The Balaban J connectivity index is 2.12. The van der Waals surface area contributed by atoms with E-state index in [4.69, 9.17) is 9.47 Å². The fourth-order valence-corrected chi connectivity index (χ4v) is 2.43.